The number of anilines is 1. The van der Waals surface area contributed by atoms with E-state index in [9.17, 15) is 4.79 Å². The third-order valence-corrected chi connectivity index (χ3v) is 3.98. The fraction of sp³-hybridized carbons (Fsp3) is 0.286. The number of methoxy groups -OCH3 is 2. The molecule has 0 radical (unpaired) electrons. The third-order valence-electron chi connectivity index (χ3n) is 3.70. The van der Waals surface area contributed by atoms with Gasteiger partial charge in [0.1, 0.15) is 0 Å². The van der Waals surface area contributed by atoms with E-state index in [4.69, 9.17) is 30.5 Å². The summed E-state index contributed by atoms with van der Waals surface area (Å²) in [5, 5.41) is 3.20. The van der Waals surface area contributed by atoms with E-state index in [-0.39, 0.29) is 5.91 Å². The van der Waals surface area contributed by atoms with Crippen LogP contribution in [0.5, 0.6) is 23.0 Å². The van der Waals surface area contributed by atoms with Crippen LogP contribution in [0.2, 0.25) is 5.02 Å². The molecule has 150 valence electrons. The maximum atomic E-state index is 12.2. The van der Waals surface area contributed by atoms with Crippen LogP contribution >= 0.6 is 11.6 Å². The Morgan fingerprint density at radius 1 is 1.00 bits per heavy atom. The molecule has 0 bridgehead atoms. The maximum Gasteiger partial charge on any atom is 0.248 e. The van der Waals surface area contributed by atoms with Crippen molar-refractivity contribution >= 4 is 29.3 Å². The first-order chi connectivity index (χ1) is 13.5. The van der Waals surface area contributed by atoms with Gasteiger partial charge in [-0.3, -0.25) is 4.79 Å². The normalized spacial score (nSPS) is 10.6. The average molecular weight is 406 g/mol. The fourth-order valence-electron chi connectivity index (χ4n) is 2.50. The minimum atomic E-state index is -0.296. The summed E-state index contributed by atoms with van der Waals surface area (Å²) in [6.07, 6.45) is 3.06. The zero-order chi connectivity index (χ0) is 20.5. The molecule has 0 unspecified atom stereocenters. The third kappa shape index (κ3) is 5.57. The summed E-state index contributed by atoms with van der Waals surface area (Å²) in [6, 6.07) is 8.65. The van der Waals surface area contributed by atoms with Gasteiger partial charge in [0.2, 0.25) is 5.91 Å². The lowest BCUT2D eigenvalue weighted by atomic mass is 10.2. The van der Waals surface area contributed by atoms with Crippen molar-refractivity contribution in [3.63, 3.8) is 0 Å². The highest BCUT2D eigenvalue weighted by Crippen LogP contribution is 2.36. The topological polar surface area (TPSA) is 66.0 Å². The van der Waals surface area contributed by atoms with Crippen molar-refractivity contribution in [2.24, 2.45) is 0 Å². The zero-order valence-electron chi connectivity index (χ0n) is 16.4. The van der Waals surface area contributed by atoms with Gasteiger partial charge in [-0.1, -0.05) is 11.6 Å². The highest BCUT2D eigenvalue weighted by atomic mass is 35.5. The Balaban J connectivity index is 2.12. The van der Waals surface area contributed by atoms with Crippen LogP contribution in [0.15, 0.2) is 36.4 Å². The number of rotatable bonds is 9. The smallest absolute Gasteiger partial charge is 0.248 e. The minimum absolute atomic E-state index is 0.296. The molecule has 7 heteroatoms. The van der Waals surface area contributed by atoms with Gasteiger partial charge in [0.15, 0.2) is 23.0 Å². The highest BCUT2D eigenvalue weighted by molar-refractivity contribution is 6.32. The molecule has 0 aliphatic rings. The number of carbonyl (C=O) groups excluding carboxylic acids is 1. The number of carbonyl (C=O) groups is 1. The Morgan fingerprint density at radius 2 is 1.71 bits per heavy atom. The molecule has 0 heterocycles. The molecule has 6 nitrogen and oxygen atoms in total. The lowest BCUT2D eigenvalue weighted by Crippen LogP contribution is -2.08. The number of halogens is 1. The van der Waals surface area contributed by atoms with Crippen LogP contribution in [0.1, 0.15) is 19.4 Å². The van der Waals surface area contributed by atoms with Gasteiger partial charge in [-0.25, -0.2) is 0 Å². The predicted molar refractivity (Wildman–Crippen MR) is 111 cm³/mol. The number of nitrogens with one attached hydrogen (secondary N) is 1. The van der Waals surface area contributed by atoms with Gasteiger partial charge in [0.25, 0.3) is 0 Å². The van der Waals surface area contributed by atoms with Crippen molar-refractivity contribution < 1.29 is 23.7 Å². The summed E-state index contributed by atoms with van der Waals surface area (Å²) in [4.78, 5) is 12.2. The zero-order valence-corrected chi connectivity index (χ0v) is 17.1. The number of ether oxygens (including phenoxy) is 4. The molecular formula is C21H24ClNO5. The van der Waals surface area contributed by atoms with Crippen LogP contribution in [0.3, 0.4) is 0 Å². The SMILES string of the molecule is CCOc1ccc(NC(=O)/C=C/c2cc(Cl)c(OCC)c(OC)c2)cc1OC. The maximum absolute atomic E-state index is 12.2. The standard InChI is InChI=1S/C21H24ClNO5/c1-5-27-17-9-8-15(13-18(17)25-3)23-20(24)10-7-14-11-16(22)21(28-6-2)19(12-14)26-4/h7-13H,5-6H2,1-4H3,(H,23,24)/b10-7+. The average Bonchev–Trinajstić information content (AvgIpc) is 2.69. The second kappa shape index (κ2) is 10.5. The van der Waals surface area contributed by atoms with E-state index < -0.39 is 0 Å². The number of hydrogen-bond donors (Lipinski definition) is 1. The van der Waals surface area contributed by atoms with Crippen molar-refractivity contribution in [3.05, 3.63) is 47.0 Å². The van der Waals surface area contributed by atoms with Crippen molar-refractivity contribution in [1.82, 2.24) is 0 Å². The molecule has 0 aliphatic heterocycles. The predicted octanol–water partition coefficient (Wildman–Crippen LogP) is 4.81. The van der Waals surface area contributed by atoms with Crippen molar-refractivity contribution in [2.75, 3.05) is 32.8 Å². The lowest BCUT2D eigenvalue weighted by molar-refractivity contribution is -0.111. The molecule has 0 atom stereocenters. The van der Waals surface area contributed by atoms with E-state index in [1.54, 1.807) is 43.5 Å². The molecule has 0 fully saturated rings. The van der Waals surface area contributed by atoms with E-state index in [0.717, 1.165) is 0 Å². The molecule has 0 saturated heterocycles. The number of benzene rings is 2. The summed E-state index contributed by atoms with van der Waals surface area (Å²) < 4.78 is 21.5. The summed E-state index contributed by atoms with van der Waals surface area (Å²) in [5.74, 6) is 1.86. The fourth-order valence-corrected chi connectivity index (χ4v) is 2.77. The first-order valence-electron chi connectivity index (χ1n) is 8.82. The van der Waals surface area contributed by atoms with Crippen LogP contribution in [0, 0.1) is 0 Å². The molecule has 2 rings (SSSR count). The van der Waals surface area contributed by atoms with Gasteiger partial charge in [0, 0.05) is 17.8 Å². The first kappa shape index (κ1) is 21.4. The molecule has 1 N–H and O–H groups in total. The van der Waals surface area contributed by atoms with Gasteiger partial charge < -0.3 is 24.3 Å². The molecule has 0 aromatic heterocycles. The summed E-state index contributed by atoms with van der Waals surface area (Å²) in [6.45, 7) is 4.75. The molecule has 0 spiro atoms. The molecular weight excluding hydrogens is 382 g/mol. The van der Waals surface area contributed by atoms with Gasteiger partial charge in [-0.2, -0.15) is 0 Å². The Morgan fingerprint density at radius 3 is 2.36 bits per heavy atom. The van der Waals surface area contributed by atoms with Crippen molar-refractivity contribution in [2.45, 2.75) is 13.8 Å². The van der Waals surface area contributed by atoms with Crippen LogP contribution in [-0.2, 0) is 4.79 Å². The lowest BCUT2D eigenvalue weighted by Gasteiger charge is -2.12. The molecule has 1 amide bonds. The Labute approximate surface area is 170 Å². The second-order valence-corrected chi connectivity index (χ2v) is 6.00. The van der Waals surface area contributed by atoms with Crippen molar-refractivity contribution in [3.8, 4) is 23.0 Å². The summed E-state index contributed by atoms with van der Waals surface area (Å²) in [5.41, 5.74) is 1.31. The van der Waals surface area contributed by atoms with E-state index in [1.165, 1.54) is 13.2 Å². The van der Waals surface area contributed by atoms with E-state index >= 15 is 0 Å². The van der Waals surface area contributed by atoms with Gasteiger partial charge >= 0.3 is 0 Å². The Hall–Kier alpha value is -2.86. The summed E-state index contributed by atoms with van der Waals surface area (Å²) in [7, 11) is 3.08. The quantitative estimate of drug-likeness (QED) is 0.606. The van der Waals surface area contributed by atoms with Crippen LogP contribution < -0.4 is 24.3 Å². The van der Waals surface area contributed by atoms with Crippen LogP contribution in [0.25, 0.3) is 6.08 Å². The van der Waals surface area contributed by atoms with E-state index in [2.05, 4.69) is 5.32 Å². The minimum Gasteiger partial charge on any atom is -0.493 e. The monoisotopic (exact) mass is 405 g/mol. The Kier molecular flexibility index (Phi) is 8.02. The van der Waals surface area contributed by atoms with Gasteiger partial charge in [-0.05, 0) is 49.8 Å². The number of amides is 1. The van der Waals surface area contributed by atoms with Crippen molar-refractivity contribution in [1.29, 1.82) is 0 Å². The summed E-state index contributed by atoms with van der Waals surface area (Å²) >= 11 is 6.25. The molecule has 2 aromatic rings. The Bertz CT molecular complexity index is 851. The highest BCUT2D eigenvalue weighted by Gasteiger charge is 2.11. The van der Waals surface area contributed by atoms with Crippen LogP contribution in [0.4, 0.5) is 5.69 Å². The van der Waals surface area contributed by atoms with Crippen LogP contribution in [-0.4, -0.2) is 33.3 Å². The first-order valence-corrected chi connectivity index (χ1v) is 9.20. The van der Waals surface area contributed by atoms with Gasteiger partial charge in [0.05, 0.1) is 32.5 Å². The van der Waals surface area contributed by atoms with E-state index in [1.807, 2.05) is 13.8 Å². The number of hydrogen-bond acceptors (Lipinski definition) is 5. The van der Waals surface area contributed by atoms with E-state index in [0.29, 0.717) is 52.5 Å². The molecule has 28 heavy (non-hydrogen) atoms. The molecule has 0 saturated carbocycles. The second-order valence-electron chi connectivity index (χ2n) is 5.59. The van der Waals surface area contributed by atoms with Gasteiger partial charge in [-0.15, -0.1) is 0 Å². The molecule has 0 aliphatic carbocycles. The molecule has 2 aromatic carbocycles. The largest absolute Gasteiger partial charge is 0.493 e.